The summed E-state index contributed by atoms with van der Waals surface area (Å²) in [6.45, 7) is 2.14. The van der Waals surface area contributed by atoms with Crippen LogP contribution in [0.4, 0.5) is 5.69 Å². The molecule has 22 heavy (non-hydrogen) atoms. The predicted octanol–water partition coefficient (Wildman–Crippen LogP) is 3.38. The molecule has 0 bridgehead atoms. The Morgan fingerprint density at radius 1 is 1.32 bits per heavy atom. The molecule has 0 aliphatic carbocycles. The van der Waals surface area contributed by atoms with E-state index < -0.39 is 6.10 Å². The summed E-state index contributed by atoms with van der Waals surface area (Å²) in [6, 6.07) is 7.49. The molecule has 1 N–H and O–H groups in total. The standard InChI is InChI=1S/C18H25NO3/c1-2-3-4-5-17(21)14-6-8-15(9-7-14)19-16(12-13-20)10-11-18(19)22/h6-9,13,16-17,21H,2-5,10-12H2,1H3/t16-,17?/m1/s1. The van der Waals surface area contributed by atoms with Crippen molar-refractivity contribution in [3.63, 3.8) is 0 Å². The minimum Gasteiger partial charge on any atom is -0.388 e. The number of aliphatic hydroxyl groups excluding tert-OH is 1. The van der Waals surface area contributed by atoms with Crippen LogP contribution >= 0.6 is 0 Å². The first-order valence-corrected chi connectivity index (χ1v) is 8.21. The van der Waals surface area contributed by atoms with Gasteiger partial charge in [-0.1, -0.05) is 38.3 Å². The summed E-state index contributed by atoms with van der Waals surface area (Å²) in [5, 5.41) is 10.2. The fraction of sp³-hybridized carbons (Fsp3) is 0.556. The van der Waals surface area contributed by atoms with E-state index in [0.29, 0.717) is 12.8 Å². The number of hydrogen-bond donors (Lipinski definition) is 1. The Hall–Kier alpha value is -1.68. The van der Waals surface area contributed by atoms with E-state index >= 15 is 0 Å². The lowest BCUT2D eigenvalue weighted by Crippen LogP contribution is -2.33. The number of amides is 1. The molecule has 1 aliphatic heterocycles. The van der Waals surface area contributed by atoms with Crippen LogP contribution in [0.5, 0.6) is 0 Å². The number of anilines is 1. The summed E-state index contributed by atoms with van der Waals surface area (Å²) in [7, 11) is 0. The van der Waals surface area contributed by atoms with Crippen LogP contribution in [-0.4, -0.2) is 23.3 Å². The number of aliphatic hydroxyl groups is 1. The molecule has 2 atom stereocenters. The van der Waals surface area contributed by atoms with Gasteiger partial charge in [-0.25, -0.2) is 0 Å². The third-order valence-electron chi connectivity index (χ3n) is 4.33. The van der Waals surface area contributed by atoms with E-state index in [4.69, 9.17) is 0 Å². The average Bonchev–Trinajstić information content (AvgIpc) is 2.89. The van der Waals surface area contributed by atoms with E-state index in [0.717, 1.165) is 49.6 Å². The van der Waals surface area contributed by atoms with Crippen molar-refractivity contribution in [1.29, 1.82) is 0 Å². The second-order valence-corrected chi connectivity index (χ2v) is 5.96. The fourth-order valence-corrected chi connectivity index (χ4v) is 3.04. The zero-order valence-electron chi connectivity index (χ0n) is 13.2. The number of rotatable bonds is 8. The molecule has 1 heterocycles. The maximum Gasteiger partial charge on any atom is 0.227 e. The van der Waals surface area contributed by atoms with Gasteiger partial charge in [0, 0.05) is 24.6 Å². The molecule has 1 amide bonds. The largest absolute Gasteiger partial charge is 0.388 e. The van der Waals surface area contributed by atoms with Crippen LogP contribution in [0.3, 0.4) is 0 Å². The second-order valence-electron chi connectivity index (χ2n) is 5.96. The van der Waals surface area contributed by atoms with Gasteiger partial charge in [0.05, 0.1) is 6.10 Å². The highest BCUT2D eigenvalue weighted by atomic mass is 16.3. The van der Waals surface area contributed by atoms with Crippen LogP contribution in [0.2, 0.25) is 0 Å². The maximum absolute atomic E-state index is 12.0. The van der Waals surface area contributed by atoms with Crippen molar-refractivity contribution in [3.05, 3.63) is 29.8 Å². The van der Waals surface area contributed by atoms with Gasteiger partial charge in [-0.3, -0.25) is 4.79 Å². The van der Waals surface area contributed by atoms with Crippen LogP contribution in [0.25, 0.3) is 0 Å². The summed E-state index contributed by atoms with van der Waals surface area (Å²) >= 11 is 0. The summed E-state index contributed by atoms with van der Waals surface area (Å²) in [4.78, 5) is 24.5. The van der Waals surface area contributed by atoms with Crippen LogP contribution in [0.1, 0.15) is 63.5 Å². The molecule has 0 radical (unpaired) electrons. The van der Waals surface area contributed by atoms with E-state index in [2.05, 4.69) is 6.92 Å². The molecule has 1 aliphatic rings. The molecule has 120 valence electrons. The minimum absolute atomic E-state index is 0.0228. The van der Waals surface area contributed by atoms with Gasteiger partial charge in [0.25, 0.3) is 0 Å². The van der Waals surface area contributed by atoms with Gasteiger partial charge in [-0.2, -0.15) is 0 Å². The van der Waals surface area contributed by atoms with Gasteiger partial charge in [0.2, 0.25) is 5.91 Å². The summed E-state index contributed by atoms with van der Waals surface area (Å²) in [5.41, 5.74) is 1.71. The molecule has 2 rings (SSSR count). The van der Waals surface area contributed by atoms with Crippen LogP contribution < -0.4 is 4.90 Å². The molecular weight excluding hydrogens is 278 g/mol. The van der Waals surface area contributed by atoms with Gasteiger partial charge >= 0.3 is 0 Å². The third-order valence-corrected chi connectivity index (χ3v) is 4.33. The number of benzene rings is 1. The Labute approximate surface area is 132 Å². The molecule has 1 fully saturated rings. The number of nitrogens with zero attached hydrogens (tertiary/aromatic N) is 1. The Balaban J connectivity index is 2.04. The molecule has 0 saturated carbocycles. The Morgan fingerprint density at radius 2 is 2.05 bits per heavy atom. The molecule has 1 unspecified atom stereocenters. The van der Waals surface area contributed by atoms with Crippen molar-refractivity contribution in [2.75, 3.05) is 4.90 Å². The number of aldehydes is 1. The highest BCUT2D eigenvalue weighted by Gasteiger charge is 2.31. The van der Waals surface area contributed by atoms with Crippen molar-refractivity contribution in [2.45, 2.75) is 64.0 Å². The zero-order valence-corrected chi connectivity index (χ0v) is 13.2. The molecule has 1 aromatic carbocycles. The Kier molecular flexibility index (Phi) is 6.13. The van der Waals surface area contributed by atoms with Crippen molar-refractivity contribution in [3.8, 4) is 0 Å². The molecule has 4 nitrogen and oxygen atoms in total. The summed E-state index contributed by atoms with van der Waals surface area (Å²) in [5.74, 6) is 0.0723. The quantitative estimate of drug-likeness (QED) is 0.591. The Morgan fingerprint density at radius 3 is 2.68 bits per heavy atom. The van der Waals surface area contributed by atoms with E-state index in [1.807, 2.05) is 24.3 Å². The molecular formula is C18H25NO3. The first kappa shape index (κ1) is 16.7. The van der Waals surface area contributed by atoms with Crippen molar-refractivity contribution in [1.82, 2.24) is 0 Å². The molecule has 4 heteroatoms. The van der Waals surface area contributed by atoms with E-state index in [9.17, 15) is 14.7 Å². The topological polar surface area (TPSA) is 57.6 Å². The third kappa shape index (κ3) is 3.95. The van der Waals surface area contributed by atoms with Crippen molar-refractivity contribution < 1.29 is 14.7 Å². The Bertz CT molecular complexity index is 498. The zero-order chi connectivity index (χ0) is 15.9. The van der Waals surface area contributed by atoms with E-state index in [1.165, 1.54) is 0 Å². The summed E-state index contributed by atoms with van der Waals surface area (Å²) < 4.78 is 0. The van der Waals surface area contributed by atoms with Crippen LogP contribution in [-0.2, 0) is 9.59 Å². The normalized spacial score (nSPS) is 19.5. The van der Waals surface area contributed by atoms with Gasteiger partial charge in [0.1, 0.15) is 6.29 Å². The van der Waals surface area contributed by atoms with Crippen molar-refractivity contribution >= 4 is 17.9 Å². The summed E-state index contributed by atoms with van der Waals surface area (Å²) in [6.07, 6.45) is 6.11. The molecule has 1 saturated heterocycles. The van der Waals surface area contributed by atoms with Crippen LogP contribution in [0, 0.1) is 0 Å². The van der Waals surface area contributed by atoms with Crippen molar-refractivity contribution in [2.24, 2.45) is 0 Å². The smallest absolute Gasteiger partial charge is 0.227 e. The minimum atomic E-state index is -0.444. The molecule has 1 aromatic rings. The molecule has 0 aromatic heterocycles. The lowest BCUT2D eigenvalue weighted by Gasteiger charge is -2.24. The lowest BCUT2D eigenvalue weighted by atomic mass is 10.0. The number of carbonyl (C=O) groups is 2. The number of carbonyl (C=O) groups excluding carboxylic acids is 2. The van der Waals surface area contributed by atoms with E-state index in [-0.39, 0.29) is 11.9 Å². The van der Waals surface area contributed by atoms with Crippen LogP contribution in [0.15, 0.2) is 24.3 Å². The highest BCUT2D eigenvalue weighted by molar-refractivity contribution is 5.96. The first-order valence-electron chi connectivity index (χ1n) is 8.21. The number of hydrogen-bond acceptors (Lipinski definition) is 3. The lowest BCUT2D eigenvalue weighted by molar-refractivity contribution is -0.117. The highest BCUT2D eigenvalue weighted by Crippen LogP contribution is 2.29. The van der Waals surface area contributed by atoms with Gasteiger partial charge < -0.3 is 14.8 Å². The average molecular weight is 303 g/mol. The van der Waals surface area contributed by atoms with Gasteiger partial charge in [0.15, 0.2) is 0 Å². The predicted molar refractivity (Wildman–Crippen MR) is 86.7 cm³/mol. The SMILES string of the molecule is CCCCCC(O)c1ccc(N2C(=O)CC[C@@H]2CC=O)cc1. The first-order chi connectivity index (χ1) is 10.7. The van der Waals surface area contributed by atoms with E-state index in [1.54, 1.807) is 4.90 Å². The monoisotopic (exact) mass is 303 g/mol. The van der Waals surface area contributed by atoms with Gasteiger partial charge in [-0.05, 0) is 30.5 Å². The molecule has 0 spiro atoms. The van der Waals surface area contributed by atoms with Gasteiger partial charge in [-0.15, -0.1) is 0 Å². The fourth-order valence-electron chi connectivity index (χ4n) is 3.04. The number of unbranched alkanes of at least 4 members (excludes halogenated alkanes) is 2. The second kappa shape index (κ2) is 8.08. The maximum atomic E-state index is 12.0.